The fraction of sp³-hybridized carbons (Fsp3) is 0.778. The number of carbonyl (C=O) groups excluding carboxylic acids is 4. The van der Waals surface area contributed by atoms with Crippen molar-refractivity contribution in [1.29, 1.82) is 0 Å². The van der Waals surface area contributed by atoms with Crippen LogP contribution in [0.2, 0.25) is 0 Å². The van der Waals surface area contributed by atoms with Crippen LogP contribution in [0, 0.1) is 5.92 Å². The number of rotatable bonds is 7. The van der Waals surface area contributed by atoms with E-state index in [1.165, 1.54) is 0 Å². The first-order valence-corrected chi connectivity index (χ1v) is 8.58. The maximum atomic E-state index is 11.9. The van der Waals surface area contributed by atoms with Gasteiger partial charge in [0.1, 0.15) is 23.1 Å². The summed E-state index contributed by atoms with van der Waals surface area (Å²) in [7, 11) is 0. The number of ketones is 4. The lowest BCUT2D eigenvalue weighted by molar-refractivity contribution is -0.124. The van der Waals surface area contributed by atoms with Gasteiger partial charge in [-0.1, -0.05) is 6.92 Å². The van der Waals surface area contributed by atoms with E-state index in [0.29, 0.717) is 64.2 Å². The molecule has 22 heavy (non-hydrogen) atoms. The molecule has 0 bridgehead atoms. The highest BCUT2D eigenvalue weighted by Gasteiger charge is 2.18. The summed E-state index contributed by atoms with van der Waals surface area (Å²) in [6.45, 7) is 1.80. The van der Waals surface area contributed by atoms with Crippen molar-refractivity contribution in [2.45, 2.75) is 84.0 Å². The second-order valence-corrected chi connectivity index (χ2v) is 6.36. The Morgan fingerprint density at radius 2 is 1.55 bits per heavy atom. The van der Waals surface area contributed by atoms with Crippen LogP contribution in [0.4, 0.5) is 0 Å². The molecule has 1 fully saturated rings. The van der Waals surface area contributed by atoms with Crippen LogP contribution < -0.4 is 0 Å². The quantitative estimate of drug-likeness (QED) is 0.720. The molecule has 1 unspecified atom stereocenters. The van der Waals surface area contributed by atoms with E-state index in [9.17, 15) is 19.2 Å². The first-order valence-electron chi connectivity index (χ1n) is 8.58. The number of carbonyl (C=O) groups is 4. The van der Waals surface area contributed by atoms with E-state index < -0.39 is 0 Å². The van der Waals surface area contributed by atoms with Crippen molar-refractivity contribution in [3.63, 3.8) is 0 Å². The summed E-state index contributed by atoms with van der Waals surface area (Å²) in [5.41, 5.74) is 0. The Hall–Kier alpha value is -1.32. The molecule has 0 amide bonds. The van der Waals surface area contributed by atoms with Crippen molar-refractivity contribution < 1.29 is 19.2 Å². The molecule has 1 aliphatic carbocycles. The van der Waals surface area contributed by atoms with Crippen molar-refractivity contribution in [3.8, 4) is 0 Å². The Bertz CT molecular complexity index is 411. The van der Waals surface area contributed by atoms with E-state index in [2.05, 4.69) is 0 Å². The number of hydrogen-bond donors (Lipinski definition) is 0. The molecule has 0 saturated heterocycles. The lowest BCUT2D eigenvalue weighted by Gasteiger charge is -2.17. The Morgan fingerprint density at radius 3 is 2.23 bits per heavy atom. The second-order valence-electron chi connectivity index (χ2n) is 6.36. The summed E-state index contributed by atoms with van der Waals surface area (Å²) in [6.07, 6.45) is 6.70. The van der Waals surface area contributed by atoms with Gasteiger partial charge >= 0.3 is 0 Å². The van der Waals surface area contributed by atoms with E-state index in [1.54, 1.807) is 6.92 Å². The van der Waals surface area contributed by atoms with Gasteiger partial charge in [-0.3, -0.25) is 19.2 Å². The number of hydrogen-bond acceptors (Lipinski definition) is 4. The van der Waals surface area contributed by atoms with Crippen LogP contribution in [-0.4, -0.2) is 23.1 Å². The van der Waals surface area contributed by atoms with Crippen LogP contribution in [0.5, 0.6) is 0 Å². The minimum atomic E-state index is 0.0951. The van der Waals surface area contributed by atoms with Crippen molar-refractivity contribution in [2.75, 3.05) is 0 Å². The van der Waals surface area contributed by atoms with Gasteiger partial charge in [-0.2, -0.15) is 0 Å². The normalized spacial score (nSPS) is 20.7. The van der Waals surface area contributed by atoms with E-state index in [-0.39, 0.29) is 29.1 Å². The SMILES string of the molecule is CCC(=O)CCC(=O)CCC1CCC(=O)CCCCC(=O)C1. The summed E-state index contributed by atoms with van der Waals surface area (Å²) < 4.78 is 0. The molecule has 0 heterocycles. The second kappa shape index (κ2) is 10.4. The fourth-order valence-electron chi connectivity index (χ4n) is 2.85. The van der Waals surface area contributed by atoms with Gasteiger partial charge in [0, 0.05) is 51.4 Å². The predicted octanol–water partition coefficient (Wildman–Crippen LogP) is 3.59. The largest absolute Gasteiger partial charge is 0.300 e. The lowest BCUT2D eigenvalue weighted by Crippen LogP contribution is -2.14. The van der Waals surface area contributed by atoms with Crippen LogP contribution >= 0.6 is 0 Å². The first-order chi connectivity index (χ1) is 10.5. The van der Waals surface area contributed by atoms with Gasteiger partial charge in [0.05, 0.1) is 0 Å². The first kappa shape index (κ1) is 18.7. The van der Waals surface area contributed by atoms with Crippen LogP contribution in [0.1, 0.15) is 84.0 Å². The third kappa shape index (κ3) is 8.20. The molecule has 0 spiro atoms. The third-order valence-corrected chi connectivity index (χ3v) is 4.42. The molecule has 1 aliphatic rings. The van der Waals surface area contributed by atoms with Gasteiger partial charge in [-0.05, 0) is 31.6 Å². The molecule has 0 radical (unpaired) electrons. The van der Waals surface area contributed by atoms with E-state index in [1.807, 2.05) is 0 Å². The highest BCUT2D eigenvalue weighted by atomic mass is 16.1. The molecule has 0 N–H and O–H groups in total. The summed E-state index contributed by atoms with van der Waals surface area (Å²) >= 11 is 0. The summed E-state index contributed by atoms with van der Waals surface area (Å²) in [5.74, 6) is 0.887. The maximum absolute atomic E-state index is 11.9. The maximum Gasteiger partial charge on any atom is 0.133 e. The van der Waals surface area contributed by atoms with Crippen molar-refractivity contribution in [3.05, 3.63) is 0 Å². The van der Waals surface area contributed by atoms with Crippen LogP contribution in [0.15, 0.2) is 0 Å². The Morgan fingerprint density at radius 1 is 0.909 bits per heavy atom. The molecule has 4 heteroatoms. The van der Waals surface area contributed by atoms with Gasteiger partial charge in [-0.25, -0.2) is 0 Å². The molecule has 124 valence electrons. The molecule has 4 nitrogen and oxygen atoms in total. The average Bonchev–Trinajstić information content (AvgIpc) is 2.51. The topological polar surface area (TPSA) is 68.3 Å². The minimum absolute atomic E-state index is 0.0951. The van der Waals surface area contributed by atoms with E-state index in [4.69, 9.17) is 0 Å². The average molecular weight is 308 g/mol. The Labute approximate surface area is 133 Å². The highest BCUT2D eigenvalue weighted by molar-refractivity contribution is 5.86. The van der Waals surface area contributed by atoms with Gasteiger partial charge < -0.3 is 0 Å². The van der Waals surface area contributed by atoms with Crippen LogP contribution in [0.25, 0.3) is 0 Å². The third-order valence-electron chi connectivity index (χ3n) is 4.42. The van der Waals surface area contributed by atoms with E-state index >= 15 is 0 Å². The van der Waals surface area contributed by atoms with Crippen molar-refractivity contribution >= 4 is 23.1 Å². The highest BCUT2D eigenvalue weighted by Crippen LogP contribution is 2.23. The van der Waals surface area contributed by atoms with Gasteiger partial charge in [0.15, 0.2) is 0 Å². The molecule has 1 rings (SSSR count). The molecule has 1 saturated carbocycles. The molecule has 0 aliphatic heterocycles. The van der Waals surface area contributed by atoms with Crippen LogP contribution in [-0.2, 0) is 19.2 Å². The Balaban J connectivity index is 2.38. The van der Waals surface area contributed by atoms with Gasteiger partial charge in [-0.15, -0.1) is 0 Å². The monoisotopic (exact) mass is 308 g/mol. The smallest absolute Gasteiger partial charge is 0.133 e. The lowest BCUT2D eigenvalue weighted by atomic mass is 9.87. The molecule has 1 atom stereocenters. The van der Waals surface area contributed by atoms with Crippen molar-refractivity contribution in [2.24, 2.45) is 5.92 Å². The number of Topliss-reactive ketones (excluding diaryl/α,β-unsaturated/α-hetero) is 4. The summed E-state index contributed by atoms with van der Waals surface area (Å²) in [4.78, 5) is 46.6. The minimum Gasteiger partial charge on any atom is -0.300 e. The Kier molecular flexibility index (Phi) is 8.86. The standard InChI is InChI=1S/C18H28O4/c1-2-15(19)11-12-17(21)10-8-14-7-9-16(20)5-3-4-6-18(22)13-14/h14H,2-13H2,1H3. The fourth-order valence-corrected chi connectivity index (χ4v) is 2.85. The zero-order valence-electron chi connectivity index (χ0n) is 13.7. The van der Waals surface area contributed by atoms with E-state index in [0.717, 1.165) is 12.8 Å². The summed E-state index contributed by atoms with van der Waals surface area (Å²) in [6, 6.07) is 0. The molecule has 0 aromatic carbocycles. The molecule has 0 aromatic heterocycles. The molecular formula is C18H28O4. The predicted molar refractivity (Wildman–Crippen MR) is 84.6 cm³/mol. The van der Waals surface area contributed by atoms with Crippen molar-refractivity contribution in [1.82, 2.24) is 0 Å². The summed E-state index contributed by atoms with van der Waals surface area (Å²) in [5, 5.41) is 0. The zero-order chi connectivity index (χ0) is 16.4. The molecular weight excluding hydrogens is 280 g/mol. The van der Waals surface area contributed by atoms with Crippen LogP contribution in [0.3, 0.4) is 0 Å². The molecule has 0 aromatic rings. The van der Waals surface area contributed by atoms with Gasteiger partial charge in [0.2, 0.25) is 0 Å². The zero-order valence-corrected chi connectivity index (χ0v) is 13.7. The van der Waals surface area contributed by atoms with Gasteiger partial charge in [0.25, 0.3) is 0 Å².